The second-order valence-electron chi connectivity index (χ2n) is 13.2. The monoisotopic (exact) mass is 704 g/mol. The lowest BCUT2D eigenvalue weighted by molar-refractivity contribution is 0.629. The van der Waals surface area contributed by atoms with Gasteiger partial charge < -0.3 is 0 Å². The van der Waals surface area contributed by atoms with Crippen molar-refractivity contribution >= 4 is 56.0 Å². The largest absolute Gasteiger partial charge is 0.299 e. The van der Waals surface area contributed by atoms with Gasteiger partial charge in [0.25, 0.3) is 0 Å². The normalized spacial score (nSPS) is 13.5. The van der Waals surface area contributed by atoms with E-state index in [1.165, 1.54) is 24.3 Å². The lowest BCUT2D eigenvalue weighted by Gasteiger charge is -2.20. The van der Waals surface area contributed by atoms with Crippen molar-refractivity contribution in [3.05, 3.63) is 180 Å². The quantitative estimate of drug-likeness (QED) is 0.126. The molecule has 0 unspecified atom stereocenters. The van der Waals surface area contributed by atoms with Crippen LogP contribution in [0.3, 0.4) is 0 Å². The van der Waals surface area contributed by atoms with Crippen molar-refractivity contribution in [2.45, 2.75) is 13.8 Å². The Kier molecular flexibility index (Phi) is 9.02. The van der Waals surface area contributed by atoms with E-state index in [0.29, 0.717) is 5.57 Å². The summed E-state index contributed by atoms with van der Waals surface area (Å²) < 4.78 is 28.5. The molecule has 0 saturated heterocycles. The van der Waals surface area contributed by atoms with Crippen LogP contribution < -0.4 is 0 Å². The van der Waals surface area contributed by atoms with E-state index in [1.807, 2.05) is 92.7 Å². The summed E-state index contributed by atoms with van der Waals surface area (Å²) in [4.78, 5) is 9.26. The first-order valence-corrected chi connectivity index (χ1v) is 17.6. The summed E-state index contributed by atoms with van der Waals surface area (Å²) >= 11 is 0. The Morgan fingerprint density at radius 3 is 1.80 bits per heavy atom. The predicted molar refractivity (Wildman–Crippen MR) is 221 cm³/mol. The van der Waals surface area contributed by atoms with E-state index in [4.69, 9.17) is 10.8 Å². The highest BCUT2D eigenvalue weighted by Gasteiger charge is 2.21. The van der Waals surface area contributed by atoms with Crippen molar-refractivity contribution in [2.75, 3.05) is 0 Å². The molecule has 0 aliphatic heterocycles. The third kappa shape index (κ3) is 6.73. The van der Waals surface area contributed by atoms with Crippen molar-refractivity contribution < 1.29 is 8.78 Å². The number of hydrogen-bond donors (Lipinski definition) is 2. The Morgan fingerprint density at radius 2 is 1.17 bits per heavy atom. The molecule has 1 heterocycles. The van der Waals surface area contributed by atoms with Crippen LogP contribution in [0.25, 0.3) is 71.9 Å². The molecule has 7 aromatic rings. The number of benzene rings is 6. The maximum absolute atomic E-state index is 14.3. The van der Waals surface area contributed by atoms with E-state index < -0.39 is 0 Å². The summed E-state index contributed by atoms with van der Waals surface area (Å²) in [7, 11) is 0. The second kappa shape index (κ2) is 14.2. The fraction of sp³-hybridized carbons (Fsp3) is 0.0417. The van der Waals surface area contributed by atoms with Crippen molar-refractivity contribution in [2.24, 2.45) is 4.99 Å². The van der Waals surface area contributed by atoms with Crippen molar-refractivity contribution in [3.63, 3.8) is 0 Å². The molecule has 0 spiro atoms. The lowest BCUT2D eigenvalue weighted by atomic mass is 9.85. The fourth-order valence-corrected chi connectivity index (χ4v) is 7.03. The van der Waals surface area contributed by atoms with Gasteiger partial charge in [0, 0.05) is 29.1 Å². The number of nitrogens with zero attached hydrogens (tertiary/aromatic N) is 2. The molecule has 260 valence electrons. The second-order valence-corrected chi connectivity index (χ2v) is 13.2. The van der Waals surface area contributed by atoms with Gasteiger partial charge >= 0.3 is 0 Å². The molecule has 0 radical (unpaired) electrons. The first kappa shape index (κ1) is 34.2. The van der Waals surface area contributed by atoms with Gasteiger partial charge in [-0.3, -0.25) is 20.8 Å². The highest BCUT2D eigenvalue weighted by Crippen LogP contribution is 2.37. The smallest absolute Gasteiger partial charge is 0.123 e. The van der Waals surface area contributed by atoms with E-state index in [-0.39, 0.29) is 23.1 Å². The van der Waals surface area contributed by atoms with E-state index in [9.17, 15) is 8.78 Å². The average molecular weight is 705 g/mol. The molecule has 8 rings (SSSR count). The Bertz CT molecular complexity index is 2790. The van der Waals surface area contributed by atoms with Crippen LogP contribution in [0.1, 0.15) is 30.5 Å². The number of fused-ring (bicyclic) bond motifs is 2. The maximum atomic E-state index is 14.3. The number of rotatable bonds is 7. The van der Waals surface area contributed by atoms with E-state index in [2.05, 4.69) is 34.2 Å². The Morgan fingerprint density at radius 1 is 0.574 bits per heavy atom. The summed E-state index contributed by atoms with van der Waals surface area (Å²) in [5, 5.41) is 21.6. The molecule has 0 amide bonds. The van der Waals surface area contributed by atoms with Crippen molar-refractivity contribution in [1.82, 2.24) is 4.98 Å². The van der Waals surface area contributed by atoms with E-state index in [1.54, 1.807) is 30.6 Å². The number of aliphatic imine (C=N–C) groups is 1. The van der Waals surface area contributed by atoms with E-state index >= 15 is 0 Å². The molecule has 1 aromatic heterocycles. The van der Waals surface area contributed by atoms with Crippen LogP contribution in [-0.4, -0.2) is 22.6 Å². The third-order valence-electron chi connectivity index (χ3n) is 9.72. The Hall–Kier alpha value is -6.92. The summed E-state index contributed by atoms with van der Waals surface area (Å²) in [6.07, 6.45) is 9.14. The highest BCUT2D eigenvalue weighted by molar-refractivity contribution is 6.61. The minimum Gasteiger partial charge on any atom is -0.299 e. The van der Waals surface area contributed by atoms with Crippen molar-refractivity contribution in [3.8, 4) is 33.5 Å². The number of aromatic nitrogens is 1. The maximum Gasteiger partial charge on any atom is 0.123 e. The molecule has 1 aliphatic carbocycles. The number of halogens is 2. The van der Waals surface area contributed by atoms with Gasteiger partial charge in [0.05, 0.1) is 22.8 Å². The third-order valence-corrected chi connectivity index (χ3v) is 9.72. The zero-order valence-electron chi connectivity index (χ0n) is 29.7. The summed E-state index contributed by atoms with van der Waals surface area (Å²) in [5.41, 5.74) is 10.0. The van der Waals surface area contributed by atoms with Gasteiger partial charge in [0.15, 0.2) is 0 Å². The number of nitrogens with one attached hydrogen (secondary N) is 2. The van der Waals surface area contributed by atoms with Gasteiger partial charge in [0.2, 0.25) is 0 Å². The summed E-state index contributed by atoms with van der Waals surface area (Å²) in [6, 6.07) is 39.6. The minimum atomic E-state index is -0.300. The molecule has 0 atom stereocenters. The van der Waals surface area contributed by atoms with Crippen LogP contribution in [0.2, 0.25) is 0 Å². The molecular formula is C48H34F2N4. The zero-order valence-corrected chi connectivity index (χ0v) is 29.7. The van der Waals surface area contributed by atoms with E-state index in [0.717, 1.165) is 83.0 Å². The van der Waals surface area contributed by atoms with Crippen LogP contribution in [0.4, 0.5) is 8.78 Å². The molecule has 6 heteroatoms. The molecule has 54 heavy (non-hydrogen) atoms. The highest BCUT2D eigenvalue weighted by atomic mass is 19.1. The van der Waals surface area contributed by atoms with Gasteiger partial charge in [-0.15, -0.1) is 0 Å². The van der Waals surface area contributed by atoms with Crippen LogP contribution in [-0.2, 0) is 0 Å². The molecule has 0 fully saturated rings. The first-order chi connectivity index (χ1) is 26.3. The summed E-state index contributed by atoms with van der Waals surface area (Å²) in [6.45, 7) is 3.80. The Balaban J connectivity index is 1.30. The number of hydrogen-bond acceptors (Lipinski definition) is 4. The standard InChI is InChI=1S/C48H34F2N4/c1-3-46(53-4-2)40-21-34(32-11-9-30-13-15-43(50)26-37(30)18-32)20-39(24-40)44-27-38(28-45(51)48(44)52)35-19-33(22-41(23-35)47-7-5-6-16-54-47)31-10-8-29-12-14-42(49)25-36(29)17-31/h3-28,51-52H,1-2H3/b46-3-,51-45?,52-48?,53-4?. The molecule has 0 bridgehead atoms. The first-order valence-electron chi connectivity index (χ1n) is 17.6. The Labute approximate surface area is 312 Å². The SMILES string of the molecule is CC=N/C(=C\C)c1cc(C2=CC(c3cc(-c4ccc5ccc(F)cc5c4)cc(-c4ccccn4)c3)=CC(=N)C2=N)cc(-c2ccc3ccc(F)cc3c2)c1. The topological polar surface area (TPSA) is 73.0 Å². The van der Waals surface area contributed by atoms with Crippen LogP contribution >= 0.6 is 0 Å². The molecule has 6 aromatic carbocycles. The van der Waals surface area contributed by atoms with Gasteiger partial charge in [-0.25, -0.2) is 8.78 Å². The molecule has 0 saturated carbocycles. The summed E-state index contributed by atoms with van der Waals surface area (Å²) in [5.74, 6) is -0.593. The molecule has 2 N–H and O–H groups in total. The predicted octanol–water partition coefficient (Wildman–Crippen LogP) is 12.6. The van der Waals surface area contributed by atoms with Crippen LogP contribution in [0, 0.1) is 22.5 Å². The number of allylic oxidation sites excluding steroid dienone is 5. The number of pyridine rings is 1. The van der Waals surface area contributed by atoms with Gasteiger partial charge in [0.1, 0.15) is 11.6 Å². The average Bonchev–Trinajstić information content (AvgIpc) is 3.20. The van der Waals surface area contributed by atoms with Crippen LogP contribution in [0.5, 0.6) is 0 Å². The molecule has 4 nitrogen and oxygen atoms in total. The lowest BCUT2D eigenvalue weighted by Crippen LogP contribution is -2.16. The van der Waals surface area contributed by atoms with Crippen molar-refractivity contribution in [1.29, 1.82) is 10.8 Å². The molecule has 1 aliphatic rings. The van der Waals surface area contributed by atoms with Gasteiger partial charge in [-0.2, -0.15) is 0 Å². The minimum absolute atomic E-state index is 0.0828. The molecular weight excluding hydrogens is 671 g/mol. The van der Waals surface area contributed by atoms with Gasteiger partial charge in [-0.05, 0) is 171 Å². The zero-order chi connectivity index (χ0) is 37.3. The van der Waals surface area contributed by atoms with Crippen LogP contribution in [0.15, 0.2) is 157 Å². The fourth-order valence-electron chi connectivity index (χ4n) is 7.03. The van der Waals surface area contributed by atoms with Gasteiger partial charge in [-0.1, -0.05) is 48.5 Å².